The third-order valence-electron chi connectivity index (χ3n) is 10.9. The molecule has 7 nitrogen and oxygen atoms in total. The summed E-state index contributed by atoms with van der Waals surface area (Å²) in [5, 5.41) is 22.7. The molecule has 0 unspecified atom stereocenters. The van der Waals surface area contributed by atoms with Crippen molar-refractivity contribution in [3.63, 3.8) is 0 Å². The molecule has 0 aromatic heterocycles. The zero-order valence-corrected chi connectivity index (χ0v) is 26.6. The van der Waals surface area contributed by atoms with Crippen molar-refractivity contribution in [2.24, 2.45) is 17.8 Å². The molecule has 2 N–H and O–H groups in total. The summed E-state index contributed by atoms with van der Waals surface area (Å²) in [5.74, 6) is -0.754. The van der Waals surface area contributed by atoms with E-state index in [4.69, 9.17) is 4.74 Å². The van der Waals surface area contributed by atoms with Crippen molar-refractivity contribution < 1.29 is 24.5 Å². The van der Waals surface area contributed by atoms with Crippen LogP contribution in [-0.2, 0) is 20.9 Å². The van der Waals surface area contributed by atoms with Crippen LogP contribution >= 0.6 is 0 Å². The highest BCUT2D eigenvalue weighted by Crippen LogP contribution is 2.50. The molecule has 4 aliphatic rings. The highest BCUT2D eigenvalue weighted by Gasteiger charge is 2.58. The van der Waals surface area contributed by atoms with Gasteiger partial charge in [0.25, 0.3) is 0 Å². The third-order valence-corrected chi connectivity index (χ3v) is 10.9. The molecular formula is C39H44N2O5. The normalized spacial score (nSPS) is 25.9. The van der Waals surface area contributed by atoms with Crippen molar-refractivity contribution in [2.75, 3.05) is 26.3 Å². The van der Waals surface area contributed by atoms with E-state index in [9.17, 15) is 19.8 Å². The van der Waals surface area contributed by atoms with Crippen LogP contribution in [0.25, 0.3) is 16.8 Å². The minimum atomic E-state index is -0.401. The Hall–Kier alpha value is -3.78. The highest BCUT2D eigenvalue weighted by molar-refractivity contribution is 6.06. The van der Waals surface area contributed by atoms with Crippen molar-refractivity contribution in [2.45, 2.75) is 64.1 Å². The van der Waals surface area contributed by atoms with Crippen molar-refractivity contribution in [1.29, 1.82) is 0 Å². The lowest BCUT2D eigenvalue weighted by Crippen LogP contribution is -2.47. The van der Waals surface area contributed by atoms with Gasteiger partial charge in [-0.1, -0.05) is 79.2 Å². The van der Waals surface area contributed by atoms with E-state index in [1.54, 1.807) is 11.0 Å². The fourth-order valence-electron chi connectivity index (χ4n) is 8.50. The lowest BCUT2D eigenvalue weighted by Gasteiger charge is -2.36. The number of amides is 2. The summed E-state index contributed by atoms with van der Waals surface area (Å²) >= 11 is 0. The van der Waals surface area contributed by atoms with E-state index in [1.165, 1.54) is 11.1 Å². The van der Waals surface area contributed by atoms with Crippen molar-refractivity contribution >= 4 is 28.7 Å². The molecule has 3 fully saturated rings. The second-order valence-corrected chi connectivity index (χ2v) is 13.4. The SMILES string of the molecule is CC/C(=C\c1ccc(O)c2ccccc12)CC[C@H]1OC[C@H]2C1=C(CO)C[C@H]1C(=O)N(C3CCN(Cc4ccccc4)CC3)C(=O)[C@H]12. The number of aromatic hydroxyl groups is 1. The molecule has 3 aliphatic heterocycles. The number of imide groups is 1. The van der Waals surface area contributed by atoms with Crippen LogP contribution in [-0.4, -0.2) is 70.3 Å². The first kappa shape index (κ1) is 30.9. The average Bonchev–Trinajstić information content (AvgIpc) is 3.62. The number of likely N-dealkylation sites (tertiary alicyclic amines) is 2. The lowest BCUT2D eigenvalue weighted by molar-refractivity contribution is -0.144. The predicted molar refractivity (Wildman–Crippen MR) is 179 cm³/mol. The Morgan fingerprint density at radius 1 is 0.935 bits per heavy atom. The van der Waals surface area contributed by atoms with Gasteiger partial charge in [-0.2, -0.15) is 0 Å². The van der Waals surface area contributed by atoms with Gasteiger partial charge in [-0.05, 0) is 72.3 Å². The number of piperidine rings is 1. The number of rotatable bonds is 9. The molecule has 0 bridgehead atoms. The summed E-state index contributed by atoms with van der Waals surface area (Å²) in [7, 11) is 0. The maximum Gasteiger partial charge on any atom is 0.234 e. The maximum atomic E-state index is 14.0. The summed E-state index contributed by atoms with van der Waals surface area (Å²) in [5.41, 5.74) is 5.59. The first-order valence-electron chi connectivity index (χ1n) is 16.9. The monoisotopic (exact) mass is 620 g/mol. The number of fused-ring (bicyclic) bond motifs is 4. The molecule has 3 aromatic carbocycles. The van der Waals surface area contributed by atoms with Gasteiger partial charge in [0, 0.05) is 37.0 Å². The number of phenols is 1. The van der Waals surface area contributed by atoms with Gasteiger partial charge >= 0.3 is 0 Å². The molecule has 240 valence electrons. The predicted octanol–water partition coefficient (Wildman–Crippen LogP) is 6.09. The fraction of sp³-hybridized carbons (Fsp3) is 0.436. The van der Waals surface area contributed by atoms with Crippen LogP contribution in [0, 0.1) is 17.8 Å². The van der Waals surface area contributed by atoms with Gasteiger partial charge in [0.1, 0.15) is 5.75 Å². The Morgan fingerprint density at radius 3 is 2.41 bits per heavy atom. The van der Waals surface area contributed by atoms with E-state index in [2.05, 4.69) is 42.2 Å². The van der Waals surface area contributed by atoms with Crippen molar-refractivity contribution in [3.8, 4) is 5.75 Å². The highest BCUT2D eigenvalue weighted by atomic mass is 16.5. The zero-order chi connectivity index (χ0) is 31.8. The Morgan fingerprint density at radius 2 is 1.67 bits per heavy atom. The number of phenolic OH excluding ortho intramolecular Hbond substituents is 1. The number of carbonyl (C=O) groups is 2. The topological polar surface area (TPSA) is 90.3 Å². The van der Waals surface area contributed by atoms with E-state index in [-0.39, 0.29) is 42.2 Å². The Kier molecular flexibility index (Phi) is 8.82. The molecule has 3 heterocycles. The number of hydrogen-bond acceptors (Lipinski definition) is 6. The molecule has 3 saturated heterocycles. The molecule has 0 saturated carbocycles. The van der Waals surface area contributed by atoms with Crippen LogP contribution in [0.4, 0.5) is 0 Å². The number of aliphatic hydroxyl groups is 1. The molecule has 4 atom stereocenters. The minimum Gasteiger partial charge on any atom is -0.507 e. The number of hydrogen-bond donors (Lipinski definition) is 2. The van der Waals surface area contributed by atoms with E-state index >= 15 is 0 Å². The summed E-state index contributed by atoms with van der Waals surface area (Å²) < 4.78 is 6.39. The second kappa shape index (κ2) is 13.1. The van der Waals surface area contributed by atoms with Gasteiger partial charge in [-0.3, -0.25) is 19.4 Å². The van der Waals surface area contributed by atoms with E-state index in [1.807, 2.05) is 36.4 Å². The van der Waals surface area contributed by atoms with Crippen molar-refractivity contribution in [3.05, 3.63) is 94.6 Å². The summed E-state index contributed by atoms with van der Waals surface area (Å²) in [6.45, 7) is 5.07. The molecule has 0 radical (unpaired) electrons. The third kappa shape index (κ3) is 5.70. The van der Waals surface area contributed by atoms with Gasteiger partial charge in [0.05, 0.1) is 31.2 Å². The Balaban J connectivity index is 1.04. The zero-order valence-electron chi connectivity index (χ0n) is 26.6. The molecule has 7 rings (SSSR count). The first-order valence-corrected chi connectivity index (χ1v) is 16.9. The molecule has 7 heteroatoms. The van der Waals surface area contributed by atoms with E-state index < -0.39 is 11.8 Å². The van der Waals surface area contributed by atoms with E-state index in [0.717, 1.165) is 79.2 Å². The second-order valence-electron chi connectivity index (χ2n) is 13.4. The number of aliphatic hydroxyl groups excluding tert-OH is 1. The molecule has 3 aromatic rings. The van der Waals surface area contributed by atoms with Crippen LogP contribution < -0.4 is 0 Å². The van der Waals surface area contributed by atoms with Gasteiger partial charge < -0.3 is 14.9 Å². The van der Waals surface area contributed by atoms with Crippen LogP contribution in [0.3, 0.4) is 0 Å². The van der Waals surface area contributed by atoms with Gasteiger partial charge in [-0.25, -0.2) is 0 Å². The van der Waals surface area contributed by atoms with Gasteiger partial charge in [-0.15, -0.1) is 0 Å². The summed E-state index contributed by atoms with van der Waals surface area (Å²) in [6, 6.07) is 22.0. The van der Waals surface area contributed by atoms with Crippen molar-refractivity contribution in [1.82, 2.24) is 9.80 Å². The standard InChI is InChI=1S/C39H44N2O5/c1-2-25(20-27-13-14-34(43)31-11-7-6-10-30(27)31)12-15-35-36-28(23-42)21-32-37(33(36)24-46-35)39(45)41(38(32)44)29-16-18-40(19-17-29)22-26-8-4-3-5-9-26/h3-11,13-14,20,29,32-33,35,37,42-43H,2,12,15-19,21-24H2,1H3/b25-20+/t32-,33+,35-,37-/m1/s1. The van der Waals surface area contributed by atoms with Gasteiger partial charge in [0.15, 0.2) is 0 Å². The quantitative estimate of drug-likeness (QED) is 0.222. The molecule has 0 spiro atoms. The molecular weight excluding hydrogens is 576 g/mol. The van der Waals surface area contributed by atoms with Gasteiger partial charge in [0.2, 0.25) is 11.8 Å². The molecule has 46 heavy (non-hydrogen) atoms. The molecule has 1 aliphatic carbocycles. The molecule has 2 amide bonds. The first-order chi connectivity index (χ1) is 22.5. The number of allylic oxidation sites excluding steroid dienone is 1. The summed E-state index contributed by atoms with van der Waals surface area (Å²) in [6.07, 6.45) is 6.54. The number of ether oxygens (including phenoxy) is 1. The smallest absolute Gasteiger partial charge is 0.234 e. The Labute approximate surface area is 271 Å². The maximum absolute atomic E-state index is 14.0. The van der Waals surface area contributed by atoms with Crippen LogP contribution in [0.1, 0.15) is 56.6 Å². The average molecular weight is 621 g/mol. The van der Waals surface area contributed by atoms with E-state index in [0.29, 0.717) is 13.0 Å². The number of benzene rings is 3. The van der Waals surface area contributed by atoms with Crippen LogP contribution in [0.2, 0.25) is 0 Å². The number of carbonyl (C=O) groups excluding carboxylic acids is 2. The fourth-order valence-corrected chi connectivity index (χ4v) is 8.50. The largest absolute Gasteiger partial charge is 0.507 e. The minimum absolute atomic E-state index is 0.0337. The number of nitrogens with zero attached hydrogens (tertiary/aromatic N) is 2. The summed E-state index contributed by atoms with van der Waals surface area (Å²) in [4.78, 5) is 31.9. The van der Waals surface area contributed by atoms with Crippen LogP contribution in [0.15, 0.2) is 83.4 Å². The lowest BCUT2D eigenvalue weighted by atomic mass is 9.69. The Bertz CT molecular complexity index is 1670. The van der Waals surface area contributed by atoms with Crippen LogP contribution in [0.5, 0.6) is 5.75 Å².